The van der Waals surface area contributed by atoms with Crippen LogP contribution in [0, 0.1) is 0 Å². The smallest absolute Gasteiger partial charge is 0.324 e. The molecule has 0 spiro atoms. The van der Waals surface area contributed by atoms with E-state index in [9.17, 15) is 22.8 Å². The third-order valence-electron chi connectivity index (χ3n) is 3.96. The van der Waals surface area contributed by atoms with Crippen LogP contribution in [0.15, 0.2) is 57.9 Å². The van der Waals surface area contributed by atoms with Crippen molar-refractivity contribution in [3.05, 3.63) is 53.0 Å². The fraction of sp³-hybridized carbons (Fsp3) is 0.222. The molecule has 2 aromatic rings. The lowest BCUT2D eigenvalue weighted by molar-refractivity contribution is -0.157. The van der Waals surface area contributed by atoms with Gasteiger partial charge in [0.2, 0.25) is 11.8 Å². The lowest BCUT2D eigenvalue weighted by Gasteiger charge is -2.31. The monoisotopic (exact) mass is 458 g/mol. The molecule has 1 aliphatic rings. The Balaban J connectivity index is 1.94. The molecule has 1 atom stereocenters. The van der Waals surface area contributed by atoms with Gasteiger partial charge in [0, 0.05) is 9.37 Å². The highest BCUT2D eigenvalue weighted by molar-refractivity contribution is 9.10. The number of alkyl halides is 3. The minimum Gasteiger partial charge on any atom is -0.324 e. The highest BCUT2D eigenvalue weighted by Gasteiger charge is 2.48. The highest BCUT2D eigenvalue weighted by atomic mass is 79.9. The van der Waals surface area contributed by atoms with E-state index in [0.717, 1.165) is 21.1 Å². The second-order valence-corrected chi connectivity index (χ2v) is 7.68. The number of benzene rings is 2. The van der Waals surface area contributed by atoms with Crippen LogP contribution < -0.4 is 10.2 Å². The second kappa shape index (κ2) is 7.93. The maximum atomic E-state index is 13.6. The predicted octanol–water partition coefficient (Wildman–Crippen LogP) is 4.85. The molecule has 1 aliphatic heterocycles. The van der Waals surface area contributed by atoms with Crippen molar-refractivity contribution < 1.29 is 22.8 Å². The Bertz CT molecular complexity index is 876. The molecule has 27 heavy (non-hydrogen) atoms. The van der Waals surface area contributed by atoms with Crippen LogP contribution in [0.4, 0.5) is 24.5 Å². The van der Waals surface area contributed by atoms with Crippen molar-refractivity contribution in [2.75, 3.05) is 16.0 Å². The van der Waals surface area contributed by atoms with E-state index in [4.69, 9.17) is 0 Å². The van der Waals surface area contributed by atoms with Crippen molar-refractivity contribution >= 4 is 50.9 Å². The number of nitrogens with zero attached hydrogens (tertiary/aromatic N) is 1. The first-order valence-electron chi connectivity index (χ1n) is 7.92. The van der Waals surface area contributed by atoms with Crippen molar-refractivity contribution in [1.82, 2.24) is 0 Å². The zero-order chi connectivity index (χ0) is 19.6. The van der Waals surface area contributed by atoms with E-state index in [0.29, 0.717) is 4.90 Å². The Morgan fingerprint density at radius 1 is 1.19 bits per heavy atom. The van der Waals surface area contributed by atoms with Gasteiger partial charge in [-0.15, -0.1) is 11.8 Å². The topological polar surface area (TPSA) is 49.4 Å². The average Bonchev–Trinajstić information content (AvgIpc) is 2.76. The fourth-order valence-corrected chi connectivity index (χ4v) is 4.19. The number of carbonyl (C=O) groups is 2. The van der Waals surface area contributed by atoms with E-state index in [-0.39, 0.29) is 17.1 Å². The Hall–Kier alpha value is -2.00. The van der Waals surface area contributed by atoms with Gasteiger partial charge in [-0.2, -0.15) is 13.2 Å². The lowest BCUT2D eigenvalue weighted by atomic mass is 10.1. The van der Waals surface area contributed by atoms with Crippen molar-refractivity contribution in [3.63, 3.8) is 0 Å². The summed E-state index contributed by atoms with van der Waals surface area (Å²) in [5.74, 6) is -1.70. The standard InChI is InChI=1S/C18H14BrF3N2O2S/c19-11-5-1-4-8-14(11)27-10-17(26)24-13-7-3-2-6-12(13)23-16(25)9-15(24)18(20,21)22/h1-8,15H,9-10H2,(H,23,25)/t15-/m1/s1. The van der Waals surface area contributed by atoms with Crippen molar-refractivity contribution in [2.24, 2.45) is 0 Å². The third-order valence-corrected chi connectivity index (χ3v) is 5.97. The van der Waals surface area contributed by atoms with E-state index < -0.39 is 30.5 Å². The summed E-state index contributed by atoms with van der Waals surface area (Å²) in [4.78, 5) is 26.2. The summed E-state index contributed by atoms with van der Waals surface area (Å²) in [7, 11) is 0. The van der Waals surface area contributed by atoms with Gasteiger partial charge in [0.1, 0.15) is 6.04 Å². The molecule has 0 saturated carbocycles. The van der Waals surface area contributed by atoms with Crippen LogP contribution in [0.1, 0.15) is 6.42 Å². The van der Waals surface area contributed by atoms with Gasteiger partial charge >= 0.3 is 6.18 Å². The molecular weight excluding hydrogens is 445 g/mol. The molecule has 4 nitrogen and oxygen atoms in total. The summed E-state index contributed by atoms with van der Waals surface area (Å²) in [5.41, 5.74) is 0.233. The largest absolute Gasteiger partial charge is 0.409 e. The molecule has 0 aliphatic carbocycles. The molecule has 0 bridgehead atoms. The first kappa shape index (κ1) is 19.8. The Kier molecular flexibility index (Phi) is 5.81. The van der Waals surface area contributed by atoms with E-state index in [1.165, 1.54) is 18.2 Å². The molecule has 0 radical (unpaired) electrons. The van der Waals surface area contributed by atoms with Gasteiger partial charge in [-0.3, -0.25) is 14.5 Å². The number of hydrogen-bond donors (Lipinski definition) is 1. The molecule has 9 heteroatoms. The van der Waals surface area contributed by atoms with Crippen molar-refractivity contribution in [3.8, 4) is 0 Å². The molecule has 0 fully saturated rings. The molecular formula is C18H14BrF3N2O2S. The van der Waals surface area contributed by atoms with Gasteiger partial charge in [0.15, 0.2) is 0 Å². The van der Waals surface area contributed by atoms with E-state index >= 15 is 0 Å². The maximum absolute atomic E-state index is 13.6. The fourth-order valence-electron chi connectivity index (χ4n) is 2.77. The number of amides is 2. The zero-order valence-corrected chi connectivity index (χ0v) is 16.2. The summed E-state index contributed by atoms with van der Waals surface area (Å²) in [6.07, 6.45) is -5.58. The average molecular weight is 459 g/mol. The number of rotatable bonds is 3. The molecule has 0 saturated heterocycles. The Morgan fingerprint density at radius 3 is 2.56 bits per heavy atom. The molecule has 2 amide bonds. The van der Waals surface area contributed by atoms with Crippen LogP contribution in [-0.4, -0.2) is 29.8 Å². The molecule has 0 aromatic heterocycles. The number of thioether (sulfide) groups is 1. The molecule has 3 rings (SSSR count). The van der Waals surface area contributed by atoms with Crippen molar-refractivity contribution in [1.29, 1.82) is 0 Å². The molecule has 1 N–H and O–H groups in total. The number of carbonyl (C=O) groups excluding carboxylic acids is 2. The number of para-hydroxylation sites is 2. The summed E-state index contributed by atoms with van der Waals surface area (Å²) >= 11 is 4.48. The second-order valence-electron chi connectivity index (χ2n) is 5.81. The van der Waals surface area contributed by atoms with Crippen LogP contribution in [0.5, 0.6) is 0 Å². The highest BCUT2D eigenvalue weighted by Crippen LogP contribution is 2.38. The summed E-state index contributed by atoms with van der Waals surface area (Å²) in [6, 6.07) is 10.9. The number of nitrogens with one attached hydrogen (secondary N) is 1. The summed E-state index contributed by atoms with van der Waals surface area (Å²) in [5, 5.41) is 2.45. The normalized spacial score (nSPS) is 17.1. The van der Waals surface area contributed by atoms with Gasteiger partial charge in [-0.05, 0) is 40.2 Å². The first-order chi connectivity index (χ1) is 12.8. The van der Waals surface area contributed by atoms with Crippen LogP contribution in [0.2, 0.25) is 0 Å². The van der Waals surface area contributed by atoms with E-state index in [1.54, 1.807) is 30.3 Å². The number of fused-ring (bicyclic) bond motifs is 1. The quantitative estimate of drug-likeness (QED) is 0.668. The molecule has 142 valence electrons. The molecule has 0 unspecified atom stereocenters. The Morgan fingerprint density at radius 2 is 1.85 bits per heavy atom. The SMILES string of the molecule is O=C1C[C@H](C(F)(F)F)N(C(=O)CSc2ccccc2Br)c2ccccc2N1. The maximum Gasteiger partial charge on any atom is 0.409 e. The van der Waals surface area contributed by atoms with Crippen LogP contribution in [0.3, 0.4) is 0 Å². The third kappa shape index (κ3) is 4.47. The van der Waals surface area contributed by atoms with Gasteiger partial charge in [-0.25, -0.2) is 0 Å². The van der Waals surface area contributed by atoms with Gasteiger partial charge in [-0.1, -0.05) is 24.3 Å². The number of hydrogen-bond acceptors (Lipinski definition) is 3. The zero-order valence-electron chi connectivity index (χ0n) is 13.8. The van der Waals surface area contributed by atoms with Crippen LogP contribution in [-0.2, 0) is 9.59 Å². The van der Waals surface area contributed by atoms with E-state index in [2.05, 4.69) is 21.2 Å². The van der Waals surface area contributed by atoms with Gasteiger partial charge in [0.25, 0.3) is 0 Å². The molecule has 1 heterocycles. The predicted molar refractivity (Wildman–Crippen MR) is 102 cm³/mol. The van der Waals surface area contributed by atoms with Crippen molar-refractivity contribution in [2.45, 2.75) is 23.5 Å². The van der Waals surface area contributed by atoms with Crippen LogP contribution >= 0.6 is 27.7 Å². The van der Waals surface area contributed by atoms with Gasteiger partial charge < -0.3 is 5.32 Å². The molecule has 2 aromatic carbocycles. The number of halogens is 4. The van der Waals surface area contributed by atoms with Crippen LogP contribution in [0.25, 0.3) is 0 Å². The summed E-state index contributed by atoms with van der Waals surface area (Å²) < 4.78 is 41.7. The minimum absolute atomic E-state index is 0.0448. The Labute approximate surface area is 166 Å². The summed E-state index contributed by atoms with van der Waals surface area (Å²) in [6.45, 7) is 0. The van der Waals surface area contributed by atoms with Gasteiger partial charge in [0.05, 0.1) is 23.5 Å². The lowest BCUT2D eigenvalue weighted by Crippen LogP contribution is -2.50. The first-order valence-corrected chi connectivity index (χ1v) is 9.70. The minimum atomic E-state index is -4.73. The number of anilines is 2. The van der Waals surface area contributed by atoms with E-state index in [1.807, 2.05) is 0 Å².